The molecule has 298 valence electrons. The molecule has 0 spiro atoms. The molecule has 3 rings (SSSR count). The average Bonchev–Trinajstić information content (AvgIpc) is 3.13. The number of anilines is 1. The molecule has 12 nitrogen and oxygen atoms in total. The third kappa shape index (κ3) is 17.3. The number of carboxylic acid groups (broad SMARTS) is 3. The van der Waals surface area contributed by atoms with Crippen molar-refractivity contribution in [3.8, 4) is 0 Å². The SMILES string of the molecule is CCCCCCCCC=CCCCCCCCC(=O)Nc1ccc(CCC(C(=O)O)N2CCNCc3cccc(n3)CN(C(C(=O)O)C(=O)O)CC2)cc1. The molecule has 0 radical (unpaired) electrons. The van der Waals surface area contributed by atoms with Gasteiger partial charge in [0.05, 0.1) is 11.4 Å². The van der Waals surface area contributed by atoms with Crippen LogP contribution in [0.25, 0.3) is 0 Å². The van der Waals surface area contributed by atoms with Crippen molar-refractivity contribution in [2.45, 2.75) is 135 Å². The summed E-state index contributed by atoms with van der Waals surface area (Å²) in [6.07, 6.45) is 21.6. The molecular weight excluding hydrogens is 686 g/mol. The zero-order chi connectivity index (χ0) is 39.0. The number of allylic oxidation sites excluding steroid dienone is 2. The Morgan fingerprint density at radius 1 is 0.759 bits per heavy atom. The number of aryl methyl sites for hydroxylation is 1. The fourth-order valence-corrected chi connectivity index (χ4v) is 6.86. The van der Waals surface area contributed by atoms with Crippen molar-refractivity contribution < 1.29 is 34.5 Å². The fourth-order valence-electron chi connectivity index (χ4n) is 6.86. The quantitative estimate of drug-likeness (QED) is 0.0430. The van der Waals surface area contributed by atoms with Crippen LogP contribution in [0.3, 0.4) is 0 Å². The number of nitrogens with one attached hydrogen (secondary N) is 2. The van der Waals surface area contributed by atoms with E-state index in [2.05, 4.69) is 34.7 Å². The van der Waals surface area contributed by atoms with Gasteiger partial charge in [0.1, 0.15) is 6.04 Å². The predicted molar refractivity (Wildman–Crippen MR) is 211 cm³/mol. The number of carbonyl (C=O) groups excluding carboxylic acids is 1. The first-order valence-corrected chi connectivity index (χ1v) is 20.0. The first-order chi connectivity index (χ1) is 26.2. The second-order valence-corrected chi connectivity index (χ2v) is 14.4. The Hall–Kier alpha value is -4.13. The monoisotopic (exact) mass is 749 g/mol. The number of carbonyl (C=O) groups is 4. The number of aromatic nitrogens is 1. The maximum Gasteiger partial charge on any atom is 0.332 e. The molecule has 1 amide bonds. The zero-order valence-electron chi connectivity index (χ0n) is 32.2. The van der Waals surface area contributed by atoms with E-state index in [1.165, 1.54) is 62.7 Å². The normalized spacial score (nSPS) is 15.1. The third-order valence-corrected chi connectivity index (χ3v) is 9.95. The number of pyridine rings is 1. The number of hydrogen-bond donors (Lipinski definition) is 5. The Morgan fingerprint density at radius 2 is 1.37 bits per heavy atom. The van der Waals surface area contributed by atoms with E-state index < -0.39 is 30.0 Å². The Morgan fingerprint density at radius 3 is 2.02 bits per heavy atom. The van der Waals surface area contributed by atoms with Crippen LogP contribution in [0.4, 0.5) is 5.69 Å². The molecule has 0 aliphatic carbocycles. The van der Waals surface area contributed by atoms with Crippen LogP contribution in [0.5, 0.6) is 0 Å². The van der Waals surface area contributed by atoms with Crippen LogP contribution in [0.15, 0.2) is 54.6 Å². The highest BCUT2D eigenvalue weighted by Gasteiger charge is 2.34. The smallest absolute Gasteiger partial charge is 0.332 e. The van der Waals surface area contributed by atoms with Gasteiger partial charge in [-0.1, -0.05) is 88.6 Å². The lowest BCUT2D eigenvalue weighted by Gasteiger charge is -2.33. The van der Waals surface area contributed by atoms with E-state index in [1.807, 2.05) is 30.3 Å². The lowest BCUT2D eigenvalue weighted by atomic mass is 10.0. The molecule has 12 heteroatoms. The Balaban J connectivity index is 1.42. The summed E-state index contributed by atoms with van der Waals surface area (Å²) >= 11 is 0. The largest absolute Gasteiger partial charge is 0.480 e. The second-order valence-electron chi connectivity index (χ2n) is 14.4. The van der Waals surface area contributed by atoms with Crippen LogP contribution >= 0.6 is 0 Å². The van der Waals surface area contributed by atoms with E-state index in [-0.39, 0.29) is 25.5 Å². The highest BCUT2D eigenvalue weighted by molar-refractivity contribution is 5.97. The number of nitrogens with zero attached hydrogens (tertiary/aromatic N) is 3. The third-order valence-electron chi connectivity index (χ3n) is 9.95. The van der Waals surface area contributed by atoms with Crippen molar-refractivity contribution in [3.63, 3.8) is 0 Å². The minimum absolute atomic E-state index is 0.0109. The molecule has 2 bridgehead atoms. The van der Waals surface area contributed by atoms with Gasteiger partial charge in [-0.2, -0.15) is 0 Å². The maximum atomic E-state index is 12.6. The summed E-state index contributed by atoms with van der Waals surface area (Å²) in [5.74, 6) is -4.00. The lowest BCUT2D eigenvalue weighted by Crippen LogP contribution is -2.52. The van der Waals surface area contributed by atoms with Gasteiger partial charge in [0.2, 0.25) is 11.9 Å². The highest BCUT2D eigenvalue weighted by Crippen LogP contribution is 2.17. The number of unbranched alkanes of at least 4 members (excludes halogenated alkanes) is 11. The molecule has 1 aliphatic heterocycles. The van der Waals surface area contributed by atoms with E-state index >= 15 is 0 Å². The number of fused-ring (bicyclic) bond motifs is 2. The molecule has 2 heterocycles. The van der Waals surface area contributed by atoms with Gasteiger partial charge in [-0.3, -0.25) is 24.4 Å². The molecule has 0 saturated carbocycles. The minimum atomic E-state index is -1.80. The lowest BCUT2D eigenvalue weighted by molar-refractivity contribution is -0.157. The van der Waals surface area contributed by atoms with Crippen LogP contribution in [0, 0.1) is 0 Å². The topological polar surface area (TPSA) is 172 Å². The molecule has 0 fully saturated rings. The van der Waals surface area contributed by atoms with Gasteiger partial charge < -0.3 is 26.0 Å². The molecule has 1 aliphatic rings. The van der Waals surface area contributed by atoms with Crippen molar-refractivity contribution >= 4 is 29.5 Å². The van der Waals surface area contributed by atoms with Gasteiger partial charge in [-0.05, 0) is 74.8 Å². The van der Waals surface area contributed by atoms with Crippen LogP contribution < -0.4 is 10.6 Å². The average molecular weight is 750 g/mol. The van der Waals surface area contributed by atoms with Crippen LogP contribution in [-0.4, -0.2) is 92.2 Å². The number of rotatable bonds is 24. The minimum Gasteiger partial charge on any atom is -0.480 e. The summed E-state index contributed by atoms with van der Waals surface area (Å²) in [5.41, 5.74) is 2.88. The molecule has 1 aromatic carbocycles. The van der Waals surface area contributed by atoms with Gasteiger partial charge in [-0.25, -0.2) is 9.59 Å². The fraction of sp³-hybridized carbons (Fsp3) is 0.595. The summed E-state index contributed by atoms with van der Waals surface area (Å²) in [6.45, 7) is 3.66. The molecule has 2 aromatic rings. The van der Waals surface area contributed by atoms with Crippen molar-refractivity contribution in [2.75, 3.05) is 31.5 Å². The van der Waals surface area contributed by atoms with Gasteiger partial charge in [0, 0.05) is 51.4 Å². The standard InChI is InChI=1S/C42H63N5O7/c1-2-3-4-5-6-7-8-9-10-11-12-13-14-15-16-20-38(48)45-34-24-21-33(22-25-34)23-26-37(40(49)50)46-28-27-43-31-35-18-17-19-36(44-35)32-47(30-29-46)39(41(51)52)42(53)54/h9-10,17-19,21-22,24-25,37,39,43H,2-8,11-16,20,23,26-32H2,1H3,(H,45,48)(H,49,50)(H,51,52)(H,53,54). The van der Waals surface area contributed by atoms with E-state index in [0.29, 0.717) is 50.3 Å². The Kier molecular flexibility index (Phi) is 21.2. The molecule has 1 aromatic heterocycles. The van der Waals surface area contributed by atoms with Gasteiger partial charge in [0.15, 0.2) is 0 Å². The van der Waals surface area contributed by atoms with E-state index in [9.17, 15) is 34.5 Å². The van der Waals surface area contributed by atoms with Crippen molar-refractivity contribution in [2.24, 2.45) is 0 Å². The van der Waals surface area contributed by atoms with Gasteiger partial charge in [0.25, 0.3) is 0 Å². The van der Waals surface area contributed by atoms with Crippen molar-refractivity contribution in [3.05, 3.63) is 71.6 Å². The number of carboxylic acids is 3. The zero-order valence-corrected chi connectivity index (χ0v) is 32.2. The summed E-state index contributed by atoms with van der Waals surface area (Å²) in [7, 11) is 0. The highest BCUT2D eigenvalue weighted by atomic mass is 16.4. The molecule has 54 heavy (non-hydrogen) atoms. The Bertz CT molecular complexity index is 1440. The Labute approximate surface area is 321 Å². The molecule has 5 N–H and O–H groups in total. The number of amides is 1. The molecule has 1 unspecified atom stereocenters. The van der Waals surface area contributed by atoms with Crippen LogP contribution in [-0.2, 0) is 38.7 Å². The molecule has 0 saturated heterocycles. The molecular formula is C42H63N5O7. The molecule has 1 atom stereocenters. The first kappa shape index (κ1) is 44.3. The van der Waals surface area contributed by atoms with Crippen molar-refractivity contribution in [1.82, 2.24) is 20.1 Å². The summed E-state index contributed by atoms with van der Waals surface area (Å²) < 4.78 is 0. The number of aliphatic carboxylic acids is 3. The number of hydrogen-bond acceptors (Lipinski definition) is 8. The second kappa shape index (κ2) is 25.8. The van der Waals surface area contributed by atoms with E-state index in [1.54, 1.807) is 17.0 Å². The van der Waals surface area contributed by atoms with Gasteiger partial charge in [-0.15, -0.1) is 0 Å². The summed E-state index contributed by atoms with van der Waals surface area (Å²) in [6, 6.07) is 10.1. The summed E-state index contributed by atoms with van der Waals surface area (Å²) in [4.78, 5) is 56.7. The summed E-state index contributed by atoms with van der Waals surface area (Å²) in [5, 5.41) is 36.0. The van der Waals surface area contributed by atoms with Crippen molar-refractivity contribution in [1.29, 1.82) is 0 Å². The van der Waals surface area contributed by atoms with Crippen LogP contribution in [0.2, 0.25) is 0 Å². The van der Waals surface area contributed by atoms with Gasteiger partial charge >= 0.3 is 17.9 Å². The number of benzene rings is 1. The van der Waals surface area contributed by atoms with E-state index in [4.69, 9.17) is 0 Å². The first-order valence-electron chi connectivity index (χ1n) is 20.0. The predicted octanol–water partition coefficient (Wildman–Crippen LogP) is 6.89. The van der Waals surface area contributed by atoms with E-state index in [0.717, 1.165) is 36.9 Å². The van der Waals surface area contributed by atoms with Crippen LogP contribution in [0.1, 0.15) is 120 Å². The maximum absolute atomic E-state index is 12.6.